The predicted octanol–water partition coefficient (Wildman–Crippen LogP) is 2.17. The van der Waals surface area contributed by atoms with Gasteiger partial charge in [0.1, 0.15) is 0 Å². The highest BCUT2D eigenvalue weighted by atomic mass is 15.0. The minimum Gasteiger partial charge on any atom is -0.311 e. The number of benzene rings is 1. The molecule has 1 aromatic carbocycles. The lowest BCUT2D eigenvalue weighted by Gasteiger charge is -2.20. The number of hydrogen-bond donors (Lipinski definition) is 1. The molecule has 0 spiro atoms. The average molecular weight is 198 g/mol. The van der Waals surface area contributed by atoms with Crippen LogP contribution in [0.3, 0.4) is 0 Å². The van der Waals surface area contributed by atoms with E-state index < -0.39 is 0 Å². The molecule has 3 unspecified atom stereocenters. The molecule has 0 aromatic heterocycles. The van der Waals surface area contributed by atoms with Gasteiger partial charge in [-0.3, -0.25) is 0 Å². The maximum Gasteiger partial charge on any atom is 0.0991 e. The summed E-state index contributed by atoms with van der Waals surface area (Å²) in [4.78, 5) is 0. The van der Waals surface area contributed by atoms with Crippen molar-refractivity contribution >= 4 is 0 Å². The molecule has 3 rings (SSSR count). The Bertz CT molecular complexity index is 402. The van der Waals surface area contributed by atoms with Crippen molar-refractivity contribution in [3.8, 4) is 6.07 Å². The monoisotopic (exact) mass is 198 g/mol. The molecular weight excluding hydrogens is 184 g/mol. The molecule has 15 heavy (non-hydrogen) atoms. The Hall–Kier alpha value is -1.33. The maximum atomic E-state index is 8.74. The first-order valence-electron chi connectivity index (χ1n) is 5.63. The number of nitriles is 1. The molecule has 2 saturated heterocycles. The van der Waals surface area contributed by atoms with Crippen LogP contribution in [-0.2, 0) is 0 Å². The summed E-state index contributed by atoms with van der Waals surface area (Å²) in [6.07, 6.45) is 3.93. The van der Waals surface area contributed by atoms with Crippen LogP contribution in [-0.4, -0.2) is 12.1 Å². The summed E-state index contributed by atoms with van der Waals surface area (Å²) < 4.78 is 0. The molecule has 2 aliphatic heterocycles. The Kier molecular flexibility index (Phi) is 2.00. The molecule has 1 N–H and O–H groups in total. The topological polar surface area (TPSA) is 35.8 Å². The van der Waals surface area contributed by atoms with Crippen LogP contribution in [0.2, 0.25) is 0 Å². The van der Waals surface area contributed by atoms with Crippen LogP contribution in [0.4, 0.5) is 0 Å². The van der Waals surface area contributed by atoms with Crippen molar-refractivity contribution in [1.82, 2.24) is 5.32 Å². The van der Waals surface area contributed by atoms with Gasteiger partial charge in [-0.1, -0.05) is 12.1 Å². The summed E-state index contributed by atoms with van der Waals surface area (Å²) in [5.41, 5.74) is 2.16. The van der Waals surface area contributed by atoms with Crippen molar-refractivity contribution in [2.45, 2.75) is 37.3 Å². The summed E-state index contributed by atoms with van der Waals surface area (Å²) >= 11 is 0. The summed E-state index contributed by atoms with van der Waals surface area (Å²) in [5.74, 6) is 0.677. The van der Waals surface area contributed by atoms with Gasteiger partial charge in [0.25, 0.3) is 0 Å². The highest BCUT2D eigenvalue weighted by Crippen LogP contribution is 2.39. The van der Waals surface area contributed by atoms with Crippen molar-refractivity contribution in [1.29, 1.82) is 5.26 Å². The lowest BCUT2D eigenvalue weighted by Crippen LogP contribution is -2.21. The van der Waals surface area contributed by atoms with E-state index in [0.717, 1.165) is 11.6 Å². The number of nitrogens with one attached hydrogen (secondary N) is 1. The Morgan fingerprint density at radius 3 is 2.53 bits per heavy atom. The second-order valence-corrected chi connectivity index (χ2v) is 4.62. The van der Waals surface area contributed by atoms with Crippen LogP contribution < -0.4 is 5.32 Å². The fourth-order valence-corrected chi connectivity index (χ4v) is 3.00. The third-order valence-corrected chi connectivity index (χ3v) is 3.77. The molecule has 2 nitrogen and oxygen atoms in total. The summed E-state index contributed by atoms with van der Waals surface area (Å²) in [7, 11) is 0. The van der Waals surface area contributed by atoms with Gasteiger partial charge >= 0.3 is 0 Å². The van der Waals surface area contributed by atoms with E-state index in [1.165, 1.54) is 24.8 Å². The van der Waals surface area contributed by atoms with Crippen molar-refractivity contribution in [2.24, 2.45) is 0 Å². The maximum absolute atomic E-state index is 8.74. The molecule has 76 valence electrons. The Morgan fingerprint density at radius 2 is 2.00 bits per heavy atom. The molecule has 2 bridgehead atoms. The van der Waals surface area contributed by atoms with Gasteiger partial charge in [0.05, 0.1) is 11.6 Å². The molecule has 2 fully saturated rings. The Balaban J connectivity index is 1.85. The molecule has 2 aliphatic rings. The molecule has 3 atom stereocenters. The van der Waals surface area contributed by atoms with Crippen molar-refractivity contribution in [2.75, 3.05) is 0 Å². The number of nitrogens with zero attached hydrogens (tertiary/aromatic N) is 1. The predicted molar refractivity (Wildman–Crippen MR) is 58.5 cm³/mol. The van der Waals surface area contributed by atoms with Crippen LogP contribution in [0.5, 0.6) is 0 Å². The van der Waals surface area contributed by atoms with Crippen LogP contribution in [0.25, 0.3) is 0 Å². The van der Waals surface area contributed by atoms with E-state index in [4.69, 9.17) is 5.26 Å². The van der Waals surface area contributed by atoms with E-state index in [0.29, 0.717) is 12.0 Å². The summed E-state index contributed by atoms with van der Waals surface area (Å²) in [5, 5.41) is 12.4. The van der Waals surface area contributed by atoms with Gasteiger partial charge in [0, 0.05) is 18.0 Å². The van der Waals surface area contributed by atoms with Gasteiger partial charge < -0.3 is 5.32 Å². The van der Waals surface area contributed by atoms with Crippen molar-refractivity contribution < 1.29 is 0 Å². The molecule has 0 radical (unpaired) electrons. The first kappa shape index (κ1) is 8.94. The van der Waals surface area contributed by atoms with Crippen molar-refractivity contribution in [3.63, 3.8) is 0 Å². The van der Waals surface area contributed by atoms with E-state index in [-0.39, 0.29) is 0 Å². The van der Waals surface area contributed by atoms with Gasteiger partial charge in [-0.15, -0.1) is 0 Å². The normalized spacial score (nSPS) is 32.9. The Morgan fingerprint density at radius 1 is 1.20 bits per heavy atom. The fraction of sp³-hybridized carbons (Fsp3) is 0.462. The quantitative estimate of drug-likeness (QED) is 0.750. The summed E-state index contributed by atoms with van der Waals surface area (Å²) in [6.45, 7) is 0. The average Bonchev–Trinajstić information content (AvgIpc) is 2.91. The van der Waals surface area contributed by atoms with E-state index in [1.54, 1.807) is 0 Å². The lowest BCUT2D eigenvalue weighted by atomic mass is 9.84. The largest absolute Gasteiger partial charge is 0.311 e. The van der Waals surface area contributed by atoms with Crippen molar-refractivity contribution in [3.05, 3.63) is 35.4 Å². The SMILES string of the molecule is N#Cc1ccc(C2CC3CCC2N3)cc1. The first-order valence-corrected chi connectivity index (χ1v) is 5.63. The highest BCUT2D eigenvalue weighted by Gasteiger charge is 2.39. The van der Waals surface area contributed by atoms with Crippen LogP contribution in [0, 0.1) is 11.3 Å². The zero-order valence-electron chi connectivity index (χ0n) is 8.61. The third kappa shape index (κ3) is 1.44. The molecule has 0 saturated carbocycles. The second-order valence-electron chi connectivity index (χ2n) is 4.62. The smallest absolute Gasteiger partial charge is 0.0991 e. The van der Waals surface area contributed by atoms with E-state index >= 15 is 0 Å². The molecule has 0 aliphatic carbocycles. The van der Waals surface area contributed by atoms with Crippen LogP contribution >= 0.6 is 0 Å². The third-order valence-electron chi connectivity index (χ3n) is 3.77. The molecule has 2 heterocycles. The summed E-state index contributed by atoms with van der Waals surface area (Å²) in [6, 6.07) is 11.7. The molecule has 2 heteroatoms. The molecule has 1 aromatic rings. The molecule has 0 amide bonds. The van der Waals surface area contributed by atoms with Crippen LogP contribution in [0.15, 0.2) is 24.3 Å². The standard InChI is InChI=1S/C13H14N2/c14-8-9-1-3-10(4-2-9)12-7-11-5-6-13(12)15-11/h1-4,11-13,15H,5-7H2. The fourth-order valence-electron chi connectivity index (χ4n) is 3.00. The Labute approximate surface area is 89.9 Å². The number of rotatable bonds is 1. The van der Waals surface area contributed by atoms with Gasteiger partial charge in [-0.05, 0) is 37.0 Å². The zero-order chi connectivity index (χ0) is 10.3. The van der Waals surface area contributed by atoms with Crippen LogP contribution in [0.1, 0.15) is 36.3 Å². The van der Waals surface area contributed by atoms with Gasteiger partial charge in [0.15, 0.2) is 0 Å². The minimum atomic E-state index is 0.677. The van der Waals surface area contributed by atoms with Gasteiger partial charge in [-0.25, -0.2) is 0 Å². The zero-order valence-corrected chi connectivity index (χ0v) is 8.61. The highest BCUT2D eigenvalue weighted by molar-refractivity contribution is 5.34. The molecular formula is C13H14N2. The van der Waals surface area contributed by atoms with E-state index in [2.05, 4.69) is 23.5 Å². The second kappa shape index (κ2) is 3.36. The minimum absolute atomic E-state index is 0.677. The number of fused-ring (bicyclic) bond motifs is 2. The number of hydrogen-bond acceptors (Lipinski definition) is 2. The lowest BCUT2D eigenvalue weighted by molar-refractivity contribution is 0.506. The van der Waals surface area contributed by atoms with E-state index in [1.807, 2.05) is 12.1 Å². The van der Waals surface area contributed by atoms with Gasteiger partial charge in [0.2, 0.25) is 0 Å². The first-order chi connectivity index (χ1) is 7.36. The van der Waals surface area contributed by atoms with E-state index in [9.17, 15) is 0 Å². The van der Waals surface area contributed by atoms with Gasteiger partial charge in [-0.2, -0.15) is 5.26 Å².